The molecule has 4 aromatic rings. The molecule has 33 heavy (non-hydrogen) atoms. The summed E-state index contributed by atoms with van der Waals surface area (Å²) < 4.78 is 6.71. The minimum absolute atomic E-state index is 0.0652. The lowest BCUT2D eigenvalue weighted by Crippen LogP contribution is -2.48. The molecular weight excluding hydrogens is 478 g/mol. The van der Waals surface area contributed by atoms with Gasteiger partial charge in [-0.1, -0.05) is 72.3 Å². The minimum Gasteiger partial charge on any atom is -0.488 e. The summed E-state index contributed by atoms with van der Waals surface area (Å²) in [5.41, 5.74) is 6.33. The van der Waals surface area contributed by atoms with Gasteiger partial charge in [-0.25, -0.2) is 0 Å². The Labute approximate surface area is 204 Å². The second-order valence-corrected chi connectivity index (χ2v) is 8.71. The van der Waals surface area contributed by atoms with Crippen LogP contribution in [0.25, 0.3) is 10.1 Å². The van der Waals surface area contributed by atoms with Crippen LogP contribution in [0.4, 0.5) is 0 Å². The number of amides is 2. The third-order valence-corrected chi connectivity index (χ3v) is 6.50. The molecule has 6 nitrogen and oxygen atoms in total. The summed E-state index contributed by atoms with van der Waals surface area (Å²) in [5.74, 6) is -0.498. The fourth-order valence-electron chi connectivity index (χ4n) is 3.05. The Morgan fingerprint density at radius 1 is 0.879 bits per heavy atom. The van der Waals surface area contributed by atoms with Crippen molar-refractivity contribution >= 4 is 62.2 Å². The van der Waals surface area contributed by atoms with Gasteiger partial charge < -0.3 is 4.74 Å². The van der Waals surface area contributed by atoms with E-state index < -0.39 is 11.8 Å². The predicted octanol–water partition coefficient (Wildman–Crippen LogP) is 5.08. The summed E-state index contributed by atoms with van der Waals surface area (Å²) in [6.45, 7) is 0.322. The van der Waals surface area contributed by atoms with Crippen molar-refractivity contribution in [3.05, 3.63) is 99.9 Å². The number of hydrogen-bond acceptors (Lipinski definition) is 5. The van der Waals surface area contributed by atoms with Crippen LogP contribution in [0, 0.1) is 0 Å². The smallest absolute Gasteiger partial charge is 0.273 e. The first-order valence-electron chi connectivity index (χ1n) is 9.87. The molecule has 3 N–H and O–H groups in total. The van der Waals surface area contributed by atoms with E-state index in [4.69, 9.17) is 28.6 Å². The van der Waals surface area contributed by atoms with Gasteiger partial charge in [-0.05, 0) is 36.0 Å². The van der Waals surface area contributed by atoms with Gasteiger partial charge in [0.25, 0.3) is 11.8 Å². The second-order valence-electron chi connectivity index (χ2n) is 6.87. The Kier molecular flexibility index (Phi) is 7.19. The standard InChI is InChI=1S/C24H18ClN3O3S2/c25-20-17-11-5-7-13-19(17)33-21(20)23(30)26-24(32)28-27-22(29)16-10-4-6-12-18(16)31-14-15-8-2-1-3-9-15/h1-13H,14H2,(H,27,29)(H2,26,28,30,32). The number of carbonyl (C=O) groups excluding carboxylic acids is 2. The highest BCUT2D eigenvalue weighted by atomic mass is 35.5. The van der Waals surface area contributed by atoms with Gasteiger partial charge in [0.15, 0.2) is 5.11 Å². The molecule has 0 aliphatic heterocycles. The predicted molar refractivity (Wildman–Crippen MR) is 135 cm³/mol. The van der Waals surface area contributed by atoms with E-state index in [-0.39, 0.29) is 5.11 Å². The Hall–Kier alpha value is -3.46. The number of halogens is 1. The average molecular weight is 496 g/mol. The number of hydrazine groups is 1. The highest BCUT2D eigenvalue weighted by Crippen LogP contribution is 2.34. The van der Waals surface area contributed by atoms with Crippen molar-refractivity contribution in [3.63, 3.8) is 0 Å². The van der Waals surface area contributed by atoms with E-state index in [0.29, 0.717) is 27.8 Å². The number of rotatable bonds is 5. The van der Waals surface area contributed by atoms with Crippen molar-refractivity contribution in [2.75, 3.05) is 0 Å². The van der Waals surface area contributed by atoms with Crippen LogP contribution in [-0.4, -0.2) is 16.9 Å². The van der Waals surface area contributed by atoms with Crippen molar-refractivity contribution in [1.29, 1.82) is 0 Å². The first-order chi connectivity index (χ1) is 16.0. The maximum absolute atomic E-state index is 12.7. The van der Waals surface area contributed by atoms with Crippen molar-refractivity contribution < 1.29 is 14.3 Å². The average Bonchev–Trinajstić information content (AvgIpc) is 3.19. The van der Waals surface area contributed by atoms with E-state index in [2.05, 4.69) is 16.2 Å². The fraction of sp³-hybridized carbons (Fsp3) is 0.0417. The van der Waals surface area contributed by atoms with Crippen LogP contribution in [0.3, 0.4) is 0 Å². The van der Waals surface area contributed by atoms with Gasteiger partial charge in [0.2, 0.25) is 0 Å². The van der Waals surface area contributed by atoms with Crippen molar-refractivity contribution in [3.8, 4) is 5.75 Å². The van der Waals surface area contributed by atoms with Crippen LogP contribution in [0.1, 0.15) is 25.6 Å². The number of carbonyl (C=O) groups is 2. The normalized spacial score (nSPS) is 10.5. The monoisotopic (exact) mass is 495 g/mol. The quantitative estimate of drug-likeness (QED) is 0.266. The number of para-hydroxylation sites is 1. The van der Waals surface area contributed by atoms with E-state index in [0.717, 1.165) is 15.6 Å². The van der Waals surface area contributed by atoms with Crippen LogP contribution in [-0.2, 0) is 6.61 Å². The molecule has 1 aromatic heterocycles. The number of thiocarbonyl (C=S) groups is 1. The minimum atomic E-state index is -0.463. The van der Waals surface area contributed by atoms with E-state index in [1.165, 1.54) is 11.3 Å². The summed E-state index contributed by atoms with van der Waals surface area (Å²) >= 11 is 12.7. The number of benzene rings is 3. The molecule has 0 spiro atoms. The van der Waals surface area contributed by atoms with Crippen LogP contribution >= 0.6 is 35.2 Å². The largest absolute Gasteiger partial charge is 0.488 e. The molecule has 3 aromatic carbocycles. The third kappa shape index (κ3) is 5.48. The molecule has 0 unspecified atom stereocenters. The van der Waals surface area contributed by atoms with Gasteiger partial charge in [-0.15, -0.1) is 11.3 Å². The van der Waals surface area contributed by atoms with Crippen LogP contribution in [0.2, 0.25) is 5.02 Å². The van der Waals surface area contributed by atoms with E-state index in [1.54, 1.807) is 24.3 Å². The van der Waals surface area contributed by atoms with E-state index in [1.807, 2.05) is 54.6 Å². The highest BCUT2D eigenvalue weighted by molar-refractivity contribution is 7.80. The van der Waals surface area contributed by atoms with Crippen LogP contribution in [0.15, 0.2) is 78.9 Å². The summed E-state index contributed by atoms with van der Waals surface area (Å²) in [7, 11) is 0. The lowest BCUT2D eigenvalue weighted by molar-refractivity contribution is 0.0931. The zero-order chi connectivity index (χ0) is 23.2. The maximum atomic E-state index is 12.7. The molecule has 4 rings (SSSR count). The van der Waals surface area contributed by atoms with Gasteiger partial charge in [0, 0.05) is 10.1 Å². The molecule has 0 aliphatic carbocycles. The zero-order valence-corrected chi connectivity index (χ0v) is 19.5. The molecule has 9 heteroatoms. The van der Waals surface area contributed by atoms with E-state index in [9.17, 15) is 9.59 Å². The first-order valence-corrected chi connectivity index (χ1v) is 11.5. The molecule has 0 saturated heterocycles. The van der Waals surface area contributed by atoms with Crippen molar-refractivity contribution in [1.82, 2.24) is 16.2 Å². The summed E-state index contributed by atoms with van der Waals surface area (Å²) in [5, 5.41) is 3.63. The highest BCUT2D eigenvalue weighted by Gasteiger charge is 2.18. The van der Waals surface area contributed by atoms with Crippen LogP contribution < -0.4 is 20.9 Å². The number of thiophene rings is 1. The van der Waals surface area contributed by atoms with Gasteiger partial charge in [0.1, 0.15) is 17.2 Å². The topological polar surface area (TPSA) is 79.5 Å². The molecule has 0 bridgehead atoms. The van der Waals surface area contributed by atoms with E-state index >= 15 is 0 Å². The van der Waals surface area contributed by atoms with Crippen LogP contribution in [0.5, 0.6) is 5.75 Å². The zero-order valence-electron chi connectivity index (χ0n) is 17.1. The Bertz CT molecular complexity index is 1330. The summed E-state index contributed by atoms with van der Waals surface area (Å²) in [6.07, 6.45) is 0. The lowest BCUT2D eigenvalue weighted by Gasteiger charge is -2.13. The maximum Gasteiger partial charge on any atom is 0.273 e. The molecule has 0 saturated carbocycles. The number of ether oxygens (including phenoxy) is 1. The van der Waals surface area contributed by atoms with Gasteiger partial charge >= 0.3 is 0 Å². The molecular formula is C24H18ClN3O3S2. The van der Waals surface area contributed by atoms with Gasteiger partial charge in [-0.2, -0.15) is 0 Å². The fourth-order valence-corrected chi connectivity index (χ4v) is 4.60. The summed E-state index contributed by atoms with van der Waals surface area (Å²) in [4.78, 5) is 25.6. The molecule has 0 atom stereocenters. The molecule has 0 fully saturated rings. The van der Waals surface area contributed by atoms with Gasteiger partial charge in [-0.3, -0.25) is 25.8 Å². The molecule has 2 amide bonds. The van der Waals surface area contributed by atoms with Gasteiger partial charge in [0.05, 0.1) is 10.6 Å². The number of fused-ring (bicyclic) bond motifs is 1. The molecule has 0 radical (unpaired) electrons. The molecule has 1 heterocycles. The lowest BCUT2D eigenvalue weighted by atomic mass is 10.2. The first kappa shape index (κ1) is 22.7. The Balaban J connectivity index is 1.35. The summed E-state index contributed by atoms with van der Waals surface area (Å²) in [6, 6.07) is 24.0. The number of nitrogens with one attached hydrogen (secondary N) is 3. The second kappa shape index (κ2) is 10.4. The Morgan fingerprint density at radius 3 is 2.36 bits per heavy atom. The number of hydrogen-bond donors (Lipinski definition) is 3. The molecule has 166 valence electrons. The Morgan fingerprint density at radius 2 is 1.58 bits per heavy atom. The molecule has 0 aliphatic rings. The third-order valence-electron chi connectivity index (χ3n) is 4.63. The SMILES string of the molecule is O=C(NNC(=S)NC(=O)c1sc2ccccc2c1Cl)c1ccccc1OCc1ccccc1. The van der Waals surface area contributed by atoms with Crippen molar-refractivity contribution in [2.24, 2.45) is 0 Å². The van der Waals surface area contributed by atoms with Crippen molar-refractivity contribution in [2.45, 2.75) is 6.61 Å².